The zero-order valence-corrected chi connectivity index (χ0v) is 30.7. The van der Waals surface area contributed by atoms with Crippen molar-refractivity contribution in [3.05, 3.63) is 194 Å². The molecule has 0 saturated heterocycles. The number of furan rings is 1. The van der Waals surface area contributed by atoms with Crippen LogP contribution in [0.5, 0.6) is 0 Å². The van der Waals surface area contributed by atoms with Gasteiger partial charge in [-0.05, 0) is 66.7 Å². The number of nitrogens with zero attached hydrogens (tertiary/aromatic N) is 4. The first-order chi connectivity index (χ1) is 28.2. The summed E-state index contributed by atoms with van der Waals surface area (Å²) in [6.45, 7) is 0. The van der Waals surface area contributed by atoms with Crippen LogP contribution >= 0.6 is 0 Å². The molecule has 57 heavy (non-hydrogen) atoms. The van der Waals surface area contributed by atoms with E-state index in [4.69, 9.17) is 14.4 Å². The third-order valence-electron chi connectivity index (χ3n) is 11.3. The molecule has 4 aromatic heterocycles. The van der Waals surface area contributed by atoms with Gasteiger partial charge in [0, 0.05) is 60.4 Å². The van der Waals surface area contributed by atoms with Crippen molar-refractivity contribution < 1.29 is 4.42 Å². The summed E-state index contributed by atoms with van der Waals surface area (Å²) in [4.78, 5) is 10.3. The molecule has 0 aliphatic rings. The first-order valence-corrected chi connectivity index (χ1v) is 19.2. The lowest BCUT2D eigenvalue weighted by atomic mass is 10.1. The van der Waals surface area contributed by atoms with Crippen molar-refractivity contribution in [3.8, 4) is 45.3 Å². The third-order valence-corrected chi connectivity index (χ3v) is 11.3. The Morgan fingerprint density at radius 1 is 0.316 bits per heavy atom. The van der Waals surface area contributed by atoms with Crippen molar-refractivity contribution in [2.75, 3.05) is 0 Å². The maximum Gasteiger partial charge on any atom is 0.160 e. The van der Waals surface area contributed by atoms with E-state index in [0.29, 0.717) is 5.82 Å². The molecule has 12 rings (SSSR count). The van der Waals surface area contributed by atoms with Crippen molar-refractivity contribution in [2.24, 2.45) is 0 Å². The van der Waals surface area contributed by atoms with Gasteiger partial charge in [0.25, 0.3) is 0 Å². The maximum atomic E-state index is 6.43. The monoisotopic (exact) mass is 728 g/mol. The lowest BCUT2D eigenvalue weighted by molar-refractivity contribution is 0.669. The minimum Gasteiger partial charge on any atom is -0.456 e. The molecule has 0 spiro atoms. The SMILES string of the molecule is c1ccc(-c2cc(-c3ccccc3)nc(-c3cccc(-n4c5ccccc5c5cc6c7cc8oc9ccccc9c8cc7n(-c7ccccc7)c6cc54)c3)n2)cc1. The van der Waals surface area contributed by atoms with Crippen LogP contribution in [0.1, 0.15) is 0 Å². The molecule has 0 N–H and O–H groups in total. The van der Waals surface area contributed by atoms with Crippen LogP contribution in [-0.2, 0) is 0 Å². The molecule has 0 saturated carbocycles. The Morgan fingerprint density at radius 2 is 0.860 bits per heavy atom. The Kier molecular flexibility index (Phi) is 6.86. The lowest BCUT2D eigenvalue weighted by Gasteiger charge is -2.12. The minimum atomic E-state index is 0.682. The van der Waals surface area contributed by atoms with E-state index in [1.807, 2.05) is 24.3 Å². The van der Waals surface area contributed by atoms with Crippen molar-refractivity contribution in [1.82, 2.24) is 19.1 Å². The first kappa shape index (κ1) is 31.6. The van der Waals surface area contributed by atoms with Crippen LogP contribution in [0.25, 0.3) is 111 Å². The van der Waals surface area contributed by atoms with Crippen LogP contribution in [0, 0.1) is 0 Å². The molecule has 5 nitrogen and oxygen atoms in total. The van der Waals surface area contributed by atoms with Gasteiger partial charge in [-0.25, -0.2) is 9.97 Å². The molecule has 5 heteroatoms. The molecule has 266 valence electrons. The van der Waals surface area contributed by atoms with Gasteiger partial charge in [0.2, 0.25) is 0 Å². The molecular weight excluding hydrogens is 697 g/mol. The fourth-order valence-corrected chi connectivity index (χ4v) is 8.70. The van der Waals surface area contributed by atoms with E-state index in [1.54, 1.807) is 0 Å². The molecule has 0 aliphatic heterocycles. The molecule has 12 aromatic rings. The number of benzene rings is 8. The van der Waals surface area contributed by atoms with Gasteiger partial charge in [0.15, 0.2) is 5.82 Å². The second-order valence-electron chi connectivity index (χ2n) is 14.6. The van der Waals surface area contributed by atoms with E-state index in [2.05, 4.69) is 179 Å². The molecule has 0 amide bonds. The maximum absolute atomic E-state index is 6.43. The van der Waals surface area contributed by atoms with Crippen LogP contribution in [0.3, 0.4) is 0 Å². The average Bonchev–Trinajstić information content (AvgIpc) is 3.92. The van der Waals surface area contributed by atoms with Crippen molar-refractivity contribution in [2.45, 2.75) is 0 Å². The van der Waals surface area contributed by atoms with Crippen LogP contribution < -0.4 is 0 Å². The molecule has 0 bridgehead atoms. The molecule has 0 radical (unpaired) electrons. The minimum absolute atomic E-state index is 0.682. The van der Waals surface area contributed by atoms with E-state index in [1.165, 1.54) is 16.2 Å². The number of hydrogen-bond donors (Lipinski definition) is 0. The summed E-state index contributed by atoms with van der Waals surface area (Å²) in [6, 6.07) is 68.3. The number of hydrogen-bond acceptors (Lipinski definition) is 3. The van der Waals surface area contributed by atoms with E-state index in [0.717, 1.165) is 88.8 Å². The summed E-state index contributed by atoms with van der Waals surface area (Å²) in [5.41, 5.74) is 13.3. The van der Waals surface area contributed by atoms with Crippen molar-refractivity contribution in [3.63, 3.8) is 0 Å². The van der Waals surface area contributed by atoms with Gasteiger partial charge in [-0.2, -0.15) is 0 Å². The summed E-state index contributed by atoms with van der Waals surface area (Å²) in [6.07, 6.45) is 0. The Hall–Kier alpha value is -7.76. The average molecular weight is 729 g/mol. The van der Waals surface area contributed by atoms with Crippen LogP contribution in [0.4, 0.5) is 0 Å². The fourth-order valence-electron chi connectivity index (χ4n) is 8.70. The highest BCUT2D eigenvalue weighted by atomic mass is 16.3. The molecular formula is C52H32N4O. The van der Waals surface area contributed by atoms with Gasteiger partial charge >= 0.3 is 0 Å². The first-order valence-electron chi connectivity index (χ1n) is 19.2. The highest BCUT2D eigenvalue weighted by Gasteiger charge is 2.21. The predicted molar refractivity (Wildman–Crippen MR) is 234 cm³/mol. The van der Waals surface area contributed by atoms with Crippen LogP contribution in [-0.4, -0.2) is 19.1 Å². The smallest absolute Gasteiger partial charge is 0.160 e. The Bertz CT molecular complexity index is 3450. The summed E-state index contributed by atoms with van der Waals surface area (Å²) in [5.74, 6) is 0.682. The second kappa shape index (κ2) is 12.4. The van der Waals surface area contributed by atoms with Gasteiger partial charge in [-0.15, -0.1) is 0 Å². The number of aromatic nitrogens is 4. The van der Waals surface area contributed by atoms with E-state index in [9.17, 15) is 0 Å². The van der Waals surface area contributed by atoms with Gasteiger partial charge < -0.3 is 13.6 Å². The molecule has 8 aromatic carbocycles. The normalized spacial score (nSPS) is 11.9. The predicted octanol–water partition coefficient (Wildman–Crippen LogP) is 13.6. The van der Waals surface area contributed by atoms with Gasteiger partial charge in [0.1, 0.15) is 11.2 Å². The van der Waals surface area contributed by atoms with E-state index >= 15 is 0 Å². The molecule has 0 unspecified atom stereocenters. The lowest BCUT2D eigenvalue weighted by Crippen LogP contribution is -1.98. The van der Waals surface area contributed by atoms with Crippen LogP contribution in [0.2, 0.25) is 0 Å². The van der Waals surface area contributed by atoms with Crippen molar-refractivity contribution >= 4 is 65.6 Å². The summed E-state index contributed by atoms with van der Waals surface area (Å²) < 4.78 is 11.2. The number of rotatable bonds is 5. The summed E-state index contributed by atoms with van der Waals surface area (Å²) in [5, 5.41) is 6.96. The fraction of sp³-hybridized carbons (Fsp3) is 0. The largest absolute Gasteiger partial charge is 0.456 e. The Balaban J connectivity index is 1.12. The van der Waals surface area contributed by atoms with Crippen molar-refractivity contribution in [1.29, 1.82) is 0 Å². The number of fused-ring (bicyclic) bond motifs is 9. The highest BCUT2D eigenvalue weighted by molar-refractivity contribution is 6.22. The quantitative estimate of drug-likeness (QED) is 0.177. The molecule has 4 heterocycles. The summed E-state index contributed by atoms with van der Waals surface area (Å²) in [7, 11) is 0. The Labute approximate surface area is 327 Å². The second-order valence-corrected chi connectivity index (χ2v) is 14.6. The van der Waals surface area contributed by atoms with Crippen LogP contribution in [0.15, 0.2) is 199 Å². The molecule has 0 aliphatic carbocycles. The third kappa shape index (κ3) is 4.96. The van der Waals surface area contributed by atoms with E-state index < -0.39 is 0 Å². The number of para-hydroxylation sites is 3. The Morgan fingerprint density at radius 3 is 1.60 bits per heavy atom. The topological polar surface area (TPSA) is 48.8 Å². The summed E-state index contributed by atoms with van der Waals surface area (Å²) >= 11 is 0. The van der Waals surface area contributed by atoms with Gasteiger partial charge in [-0.3, -0.25) is 0 Å². The zero-order chi connectivity index (χ0) is 37.5. The molecule has 0 fully saturated rings. The highest BCUT2D eigenvalue weighted by Crippen LogP contribution is 2.42. The standard InChI is InChI=1S/C52H32N4O/c1-4-15-33(16-5-1)44-31-45(34-17-6-2-7-18-34)54-52(53-44)35-19-14-22-37(27-35)56-46-25-12-10-23-38(46)40-28-41-42-30-51-43(39-24-11-13-26-50(39)57-51)29-47(42)55(49(41)32-48(40)56)36-20-8-3-9-21-36/h1-32H. The van der Waals surface area contributed by atoms with Gasteiger partial charge in [0.05, 0.1) is 33.5 Å². The molecule has 0 atom stereocenters. The van der Waals surface area contributed by atoms with E-state index in [-0.39, 0.29) is 0 Å². The zero-order valence-electron chi connectivity index (χ0n) is 30.7. The van der Waals surface area contributed by atoms with Gasteiger partial charge in [-0.1, -0.05) is 127 Å².